The number of nitrogens with one attached hydrogen (secondary N) is 1. The number of hydrogen-bond acceptors (Lipinski definition) is 7. The van der Waals surface area contributed by atoms with E-state index >= 15 is 0 Å². The first-order valence-electron chi connectivity index (χ1n) is 10.9. The number of piperidine rings is 1. The highest BCUT2D eigenvalue weighted by Crippen LogP contribution is 2.30. The SMILES string of the molecule is CS(=O)(=O)N1CCC[C@@H](N=C2C=CC3C(=O)NC(CSC4CCC(O)CC4)=NC3=C2)C1. The van der Waals surface area contributed by atoms with Gasteiger partial charge in [0, 0.05) is 18.3 Å². The first-order valence-corrected chi connectivity index (χ1v) is 13.8. The first-order chi connectivity index (χ1) is 14.8. The fourth-order valence-corrected chi connectivity index (χ4v) is 6.45. The largest absolute Gasteiger partial charge is 0.393 e. The Morgan fingerprint density at radius 3 is 2.81 bits per heavy atom. The molecule has 2 N–H and O–H groups in total. The number of fused-ring (bicyclic) bond motifs is 1. The average Bonchev–Trinajstić information content (AvgIpc) is 2.73. The minimum Gasteiger partial charge on any atom is -0.393 e. The van der Waals surface area contributed by atoms with Crippen molar-refractivity contribution in [2.24, 2.45) is 15.9 Å². The van der Waals surface area contributed by atoms with E-state index in [1.165, 1.54) is 10.6 Å². The maximum atomic E-state index is 12.5. The van der Waals surface area contributed by atoms with Crippen molar-refractivity contribution in [2.45, 2.75) is 55.9 Å². The summed E-state index contributed by atoms with van der Waals surface area (Å²) in [6.07, 6.45) is 11.9. The Hall–Kier alpha value is -1.49. The summed E-state index contributed by atoms with van der Waals surface area (Å²) < 4.78 is 25.2. The number of carbonyl (C=O) groups excluding carboxylic acids is 1. The number of rotatable bonds is 5. The van der Waals surface area contributed by atoms with Gasteiger partial charge in [-0.15, -0.1) is 0 Å². The molecular formula is C21H30N4O4S2. The van der Waals surface area contributed by atoms with E-state index in [9.17, 15) is 18.3 Å². The van der Waals surface area contributed by atoms with Crippen molar-refractivity contribution < 1.29 is 18.3 Å². The summed E-state index contributed by atoms with van der Waals surface area (Å²) in [7, 11) is -3.21. The van der Waals surface area contributed by atoms with Gasteiger partial charge in [-0.1, -0.05) is 6.08 Å². The Kier molecular flexibility index (Phi) is 7.00. The van der Waals surface area contributed by atoms with Crippen LogP contribution in [0.2, 0.25) is 0 Å². The van der Waals surface area contributed by atoms with Crippen LogP contribution < -0.4 is 5.32 Å². The normalized spacial score (nSPS) is 33.5. The number of aliphatic hydroxyl groups excluding tert-OH is 1. The van der Waals surface area contributed by atoms with Crippen LogP contribution in [0.25, 0.3) is 0 Å². The van der Waals surface area contributed by atoms with Gasteiger partial charge in [-0.3, -0.25) is 9.79 Å². The fourth-order valence-electron chi connectivity index (χ4n) is 4.41. The van der Waals surface area contributed by atoms with Crippen LogP contribution in [0.5, 0.6) is 0 Å². The summed E-state index contributed by atoms with van der Waals surface area (Å²) in [4.78, 5) is 22.0. The molecule has 1 saturated carbocycles. The highest BCUT2D eigenvalue weighted by molar-refractivity contribution is 8.00. The van der Waals surface area contributed by atoms with E-state index < -0.39 is 15.9 Å². The molecule has 2 heterocycles. The predicted octanol–water partition coefficient (Wildman–Crippen LogP) is 1.49. The highest BCUT2D eigenvalue weighted by Gasteiger charge is 2.30. The zero-order chi connectivity index (χ0) is 22.0. The molecule has 1 saturated heterocycles. The van der Waals surface area contributed by atoms with Crippen molar-refractivity contribution in [3.63, 3.8) is 0 Å². The van der Waals surface area contributed by atoms with Crippen LogP contribution in [-0.4, -0.2) is 77.8 Å². The quantitative estimate of drug-likeness (QED) is 0.638. The number of carbonyl (C=O) groups is 1. The summed E-state index contributed by atoms with van der Waals surface area (Å²) in [6, 6.07) is -0.0883. The van der Waals surface area contributed by atoms with Gasteiger partial charge in [0.1, 0.15) is 5.84 Å². The van der Waals surface area contributed by atoms with Crippen molar-refractivity contribution in [3.8, 4) is 0 Å². The lowest BCUT2D eigenvalue weighted by Gasteiger charge is -2.29. The molecule has 1 amide bonds. The monoisotopic (exact) mass is 466 g/mol. The van der Waals surface area contributed by atoms with Gasteiger partial charge >= 0.3 is 0 Å². The van der Waals surface area contributed by atoms with E-state index in [2.05, 4.69) is 10.3 Å². The maximum Gasteiger partial charge on any atom is 0.238 e. The van der Waals surface area contributed by atoms with Crippen molar-refractivity contribution >= 4 is 39.2 Å². The number of aliphatic imine (C=N–C) groups is 2. The van der Waals surface area contributed by atoms with Crippen LogP contribution in [0.3, 0.4) is 0 Å². The molecule has 0 aromatic carbocycles. The van der Waals surface area contributed by atoms with Gasteiger partial charge in [0.05, 0.1) is 41.5 Å². The van der Waals surface area contributed by atoms with Crippen LogP contribution in [0.1, 0.15) is 38.5 Å². The number of aliphatic hydroxyl groups is 1. The summed E-state index contributed by atoms with van der Waals surface area (Å²) in [5.74, 6) is 0.821. The summed E-state index contributed by atoms with van der Waals surface area (Å²) in [6.45, 7) is 0.940. The Labute approximate surface area is 188 Å². The third kappa shape index (κ3) is 5.85. The molecule has 2 aliphatic heterocycles. The summed E-state index contributed by atoms with van der Waals surface area (Å²) in [5, 5.41) is 13.1. The van der Waals surface area contributed by atoms with Gasteiger partial charge in [0.25, 0.3) is 0 Å². The number of hydrogen-bond donors (Lipinski definition) is 2. The van der Waals surface area contributed by atoms with Gasteiger partial charge in [-0.2, -0.15) is 11.8 Å². The Balaban J connectivity index is 1.43. The van der Waals surface area contributed by atoms with Gasteiger partial charge in [-0.05, 0) is 50.7 Å². The van der Waals surface area contributed by atoms with Gasteiger partial charge in [0.15, 0.2) is 0 Å². The van der Waals surface area contributed by atoms with Crippen molar-refractivity contribution in [1.29, 1.82) is 0 Å². The third-order valence-corrected chi connectivity index (χ3v) is 8.80. The van der Waals surface area contributed by atoms with Crippen molar-refractivity contribution in [2.75, 3.05) is 25.1 Å². The Bertz CT molecular complexity index is 933. The zero-order valence-electron chi connectivity index (χ0n) is 17.7. The lowest BCUT2D eigenvalue weighted by atomic mass is 9.96. The number of amidine groups is 1. The molecular weight excluding hydrogens is 436 g/mol. The smallest absolute Gasteiger partial charge is 0.238 e. The predicted molar refractivity (Wildman–Crippen MR) is 124 cm³/mol. The number of thioether (sulfide) groups is 1. The van der Waals surface area contributed by atoms with Crippen molar-refractivity contribution in [3.05, 3.63) is 23.9 Å². The molecule has 0 aromatic heterocycles. The molecule has 4 rings (SSSR count). The van der Waals surface area contributed by atoms with E-state index in [0.29, 0.717) is 35.6 Å². The molecule has 170 valence electrons. The van der Waals surface area contributed by atoms with Crippen LogP contribution in [0.15, 0.2) is 33.9 Å². The Morgan fingerprint density at radius 1 is 1.29 bits per heavy atom. The lowest BCUT2D eigenvalue weighted by Crippen LogP contribution is -2.42. The molecule has 2 atom stereocenters. The second-order valence-corrected chi connectivity index (χ2v) is 11.9. The van der Waals surface area contributed by atoms with E-state index in [1.807, 2.05) is 18.2 Å². The van der Waals surface area contributed by atoms with Gasteiger partial charge < -0.3 is 10.4 Å². The fraction of sp³-hybridized carbons (Fsp3) is 0.667. The zero-order valence-corrected chi connectivity index (χ0v) is 19.4. The van der Waals surface area contributed by atoms with Crippen LogP contribution in [0, 0.1) is 5.92 Å². The van der Waals surface area contributed by atoms with Crippen LogP contribution >= 0.6 is 11.8 Å². The van der Waals surface area contributed by atoms with E-state index in [-0.39, 0.29) is 18.1 Å². The molecule has 0 bridgehead atoms. The number of amides is 1. The Morgan fingerprint density at radius 2 is 2.06 bits per heavy atom. The molecule has 8 nitrogen and oxygen atoms in total. The second kappa shape index (κ2) is 9.56. The van der Waals surface area contributed by atoms with E-state index in [4.69, 9.17) is 4.99 Å². The molecule has 0 aromatic rings. The first kappa shape index (κ1) is 22.7. The van der Waals surface area contributed by atoms with Crippen LogP contribution in [-0.2, 0) is 14.8 Å². The summed E-state index contributed by atoms with van der Waals surface area (Å²) >= 11 is 1.78. The topological polar surface area (TPSA) is 111 Å². The molecule has 0 spiro atoms. The molecule has 2 aliphatic carbocycles. The second-order valence-electron chi connectivity index (χ2n) is 8.67. The third-order valence-electron chi connectivity index (χ3n) is 6.15. The number of sulfonamides is 1. The van der Waals surface area contributed by atoms with E-state index in [0.717, 1.165) is 44.2 Å². The average molecular weight is 467 g/mol. The lowest BCUT2D eigenvalue weighted by molar-refractivity contribution is -0.121. The molecule has 31 heavy (non-hydrogen) atoms. The molecule has 4 aliphatic rings. The van der Waals surface area contributed by atoms with Gasteiger partial charge in [-0.25, -0.2) is 17.7 Å². The molecule has 0 radical (unpaired) electrons. The molecule has 2 fully saturated rings. The minimum absolute atomic E-state index is 0.0767. The van der Waals surface area contributed by atoms with Crippen molar-refractivity contribution in [1.82, 2.24) is 9.62 Å². The maximum absolute atomic E-state index is 12.5. The summed E-state index contributed by atoms with van der Waals surface area (Å²) in [5.41, 5.74) is 1.42. The van der Waals surface area contributed by atoms with Crippen LogP contribution in [0.4, 0.5) is 0 Å². The molecule has 1 unspecified atom stereocenters. The van der Waals surface area contributed by atoms with Gasteiger partial charge in [0.2, 0.25) is 15.9 Å². The van der Waals surface area contributed by atoms with E-state index in [1.54, 1.807) is 11.8 Å². The highest BCUT2D eigenvalue weighted by atomic mass is 32.2. The standard InChI is InChI=1S/C21H30N4O4S2/c1-31(28,29)25-10-2-3-15(12-25)22-14-4-9-18-19(11-14)23-20(24-21(18)27)13-30-17-7-5-16(26)6-8-17/h4,9,11,15-18,26H,2-3,5-8,10,12-13H2,1H3,(H,23,24,27)/t15-,16?,17?,18?/m1/s1. The number of allylic oxidation sites excluding steroid dienone is 2. The molecule has 10 heteroatoms. The minimum atomic E-state index is -3.21. The number of nitrogens with zero attached hydrogens (tertiary/aromatic N) is 3.